The summed E-state index contributed by atoms with van der Waals surface area (Å²) in [6, 6.07) is 1.42. The van der Waals surface area contributed by atoms with Crippen molar-refractivity contribution in [3.05, 3.63) is 0 Å². The average Bonchev–Trinajstić information content (AvgIpc) is 3.17. The molecule has 112 valence electrons. The standard InChI is InChI=1S/C16H32N2O/c1-5-17-15-6-10-18(14(3)13(15)2)12-16(7-8-16)9-11-19-4/h13-15,17H,5-12H2,1-4H3. The maximum atomic E-state index is 5.28. The van der Waals surface area contributed by atoms with Gasteiger partial charge >= 0.3 is 0 Å². The maximum Gasteiger partial charge on any atom is 0.0468 e. The molecular formula is C16H32N2O. The smallest absolute Gasteiger partial charge is 0.0468 e. The molecule has 1 aliphatic heterocycles. The topological polar surface area (TPSA) is 24.5 Å². The number of ether oxygens (including phenoxy) is 1. The average molecular weight is 268 g/mol. The van der Waals surface area contributed by atoms with E-state index in [0.717, 1.165) is 19.1 Å². The van der Waals surface area contributed by atoms with E-state index in [4.69, 9.17) is 4.74 Å². The second-order valence-corrected chi connectivity index (χ2v) is 6.77. The summed E-state index contributed by atoms with van der Waals surface area (Å²) in [5.74, 6) is 0.756. The lowest BCUT2D eigenvalue weighted by molar-refractivity contribution is 0.0581. The summed E-state index contributed by atoms with van der Waals surface area (Å²) in [5, 5.41) is 3.65. The zero-order chi connectivity index (χ0) is 13.9. The van der Waals surface area contributed by atoms with E-state index < -0.39 is 0 Å². The Morgan fingerprint density at radius 2 is 2.05 bits per heavy atom. The minimum atomic E-state index is 0.592. The van der Waals surface area contributed by atoms with Gasteiger partial charge in [0, 0.05) is 32.3 Å². The van der Waals surface area contributed by atoms with Crippen molar-refractivity contribution >= 4 is 0 Å². The van der Waals surface area contributed by atoms with E-state index in [-0.39, 0.29) is 0 Å². The molecule has 0 amide bonds. The molecule has 1 heterocycles. The predicted molar refractivity (Wildman–Crippen MR) is 80.4 cm³/mol. The molecule has 2 rings (SSSR count). The van der Waals surface area contributed by atoms with Crippen LogP contribution in [0, 0.1) is 11.3 Å². The molecule has 0 radical (unpaired) electrons. The Hall–Kier alpha value is -0.120. The van der Waals surface area contributed by atoms with Crippen molar-refractivity contribution in [3.8, 4) is 0 Å². The van der Waals surface area contributed by atoms with Crippen LogP contribution in [-0.4, -0.2) is 50.3 Å². The molecule has 19 heavy (non-hydrogen) atoms. The number of likely N-dealkylation sites (tertiary alicyclic amines) is 1. The molecule has 2 fully saturated rings. The summed E-state index contributed by atoms with van der Waals surface area (Å²) in [5.41, 5.74) is 0.592. The molecular weight excluding hydrogens is 236 g/mol. The fourth-order valence-corrected chi connectivity index (χ4v) is 3.63. The van der Waals surface area contributed by atoms with Gasteiger partial charge in [-0.25, -0.2) is 0 Å². The molecule has 3 atom stereocenters. The van der Waals surface area contributed by atoms with Gasteiger partial charge in [-0.2, -0.15) is 0 Å². The van der Waals surface area contributed by atoms with Gasteiger partial charge in [0.25, 0.3) is 0 Å². The van der Waals surface area contributed by atoms with Crippen molar-refractivity contribution in [3.63, 3.8) is 0 Å². The Balaban J connectivity index is 1.85. The van der Waals surface area contributed by atoms with Crippen LogP contribution in [0.25, 0.3) is 0 Å². The molecule has 2 aliphatic rings. The number of rotatable bonds is 7. The SMILES string of the molecule is CCNC1CCN(CC2(CCOC)CC2)C(C)C1C. The summed E-state index contributed by atoms with van der Waals surface area (Å²) >= 11 is 0. The summed E-state index contributed by atoms with van der Waals surface area (Å²) in [4.78, 5) is 2.74. The quantitative estimate of drug-likeness (QED) is 0.768. The van der Waals surface area contributed by atoms with Gasteiger partial charge in [-0.15, -0.1) is 0 Å². The minimum Gasteiger partial charge on any atom is -0.385 e. The van der Waals surface area contributed by atoms with Crippen molar-refractivity contribution in [1.29, 1.82) is 0 Å². The third-order valence-electron chi connectivity index (χ3n) is 5.50. The van der Waals surface area contributed by atoms with Crippen molar-refractivity contribution in [1.82, 2.24) is 10.2 Å². The Bertz CT molecular complexity index is 278. The molecule has 0 aromatic rings. The number of nitrogens with one attached hydrogen (secondary N) is 1. The van der Waals surface area contributed by atoms with E-state index in [1.165, 1.54) is 38.8 Å². The molecule has 1 aliphatic carbocycles. The van der Waals surface area contributed by atoms with Crippen LogP contribution in [0.4, 0.5) is 0 Å². The van der Waals surface area contributed by atoms with E-state index in [2.05, 4.69) is 31.0 Å². The fourth-order valence-electron chi connectivity index (χ4n) is 3.63. The van der Waals surface area contributed by atoms with Gasteiger partial charge < -0.3 is 10.1 Å². The van der Waals surface area contributed by atoms with Gasteiger partial charge in [0.2, 0.25) is 0 Å². The van der Waals surface area contributed by atoms with Crippen LogP contribution in [0.15, 0.2) is 0 Å². The van der Waals surface area contributed by atoms with E-state index >= 15 is 0 Å². The first-order chi connectivity index (χ1) is 9.12. The second-order valence-electron chi connectivity index (χ2n) is 6.77. The van der Waals surface area contributed by atoms with E-state index in [1.807, 2.05) is 7.11 Å². The summed E-state index contributed by atoms with van der Waals surface area (Å²) in [6.45, 7) is 11.6. The monoisotopic (exact) mass is 268 g/mol. The van der Waals surface area contributed by atoms with Crippen LogP contribution in [-0.2, 0) is 4.74 Å². The van der Waals surface area contributed by atoms with Crippen LogP contribution < -0.4 is 5.32 Å². The Kier molecular flexibility index (Phi) is 5.27. The third kappa shape index (κ3) is 3.71. The van der Waals surface area contributed by atoms with Crippen LogP contribution in [0.1, 0.15) is 46.5 Å². The third-order valence-corrected chi connectivity index (χ3v) is 5.50. The van der Waals surface area contributed by atoms with Gasteiger partial charge in [0.05, 0.1) is 0 Å². The molecule has 3 heteroatoms. The number of nitrogens with zero attached hydrogens (tertiary/aromatic N) is 1. The van der Waals surface area contributed by atoms with Crippen LogP contribution >= 0.6 is 0 Å². The van der Waals surface area contributed by atoms with Crippen LogP contribution in [0.5, 0.6) is 0 Å². The van der Waals surface area contributed by atoms with Gasteiger partial charge in [-0.1, -0.05) is 13.8 Å². The largest absolute Gasteiger partial charge is 0.385 e. The minimum absolute atomic E-state index is 0.592. The summed E-state index contributed by atoms with van der Waals surface area (Å²) < 4.78 is 5.28. The highest BCUT2D eigenvalue weighted by Gasteiger charge is 2.45. The van der Waals surface area contributed by atoms with E-state index in [9.17, 15) is 0 Å². The Labute approximate surface area is 119 Å². The van der Waals surface area contributed by atoms with Gasteiger partial charge in [-0.3, -0.25) is 4.90 Å². The van der Waals surface area contributed by atoms with Crippen LogP contribution in [0.2, 0.25) is 0 Å². The fraction of sp³-hybridized carbons (Fsp3) is 1.00. The highest BCUT2D eigenvalue weighted by atomic mass is 16.5. The number of hydrogen-bond acceptors (Lipinski definition) is 3. The molecule has 1 N–H and O–H groups in total. The number of hydrogen-bond donors (Lipinski definition) is 1. The molecule has 0 spiro atoms. The normalized spacial score (nSPS) is 34.4. The van der Waals surface area contributed by atoms with Crippen LogP contribution in [0.3, 0.4) is 0 Å². The molecule has 0 bridgehead atoms. The van der Waals surface area contributed by atoms with Crippen molar-refractivity contribution in [2.75, 3.05) is 33.4 Å². The van der Waals surface area contributed by atoms with Gasteiger partial charge in [-0.05, 0) is 57.0 Å². The Morgan fingerprint density at radius 3 is 2.63 bits per heavy atom. The first kappa shape index (κ1) is 15.3. The van der Waals surface area contributed by atoms with Crippen molar-refractivity contribution in [2.45, 2.75) is 58.5 Å². The zero-order valence-electron chi connectivity index (χ0n) is 13.2. The zero-order valence-corrected chi connectivity index (χ0v) is 13.2. The molecule has 0 aromatic carbocycles. The maximum absolute atomic E-state index is 5.28. The summed E-state index contributed by atoms with van der Waals surface area (Å²) in [7, 11) is 1.82. The summed E-state index contributed by atoms with van der Waals surface area (Å²) in [6.07, 6.45) is 5.37. The van der Waals surface area contributed by atoms with Crippen molar-refractivity contribution in [2.24, 2.45) is 11.3 Å². The lowest BCUT2D eigenvalue weighted by atomic mass is 9.85. The first-order valence-electron chi connectivity index (χ1n) is 8.08. The van der Waals surface area contributed by atoms with Gasteiger partial charge in [0.15, 0.2) is 0 Å². The molecule has 3 nitrogen and oxygen atoms in total. The Morgan fingerprint density at radius 1 is 1.32 bits per heavy atom. The highest BCUT2D eigenvalue weighted by Crippen LogP contribution is 2.50. The molecule has 1 saturated heterocycles. The predicted octanol–water partition coefficient (Wildman–Crippen LogP) is 2.51. The first-order valence-corrected chi connectivity index (χ1v) is 8.08. The number of piperidine rings is 1. The lowest BCUT2D eigenvalue weighted by Gasteiger charge is -2.44. The second kappa shape index (κ2) is 6.55. The van der Waals surface area contributed by atoms with Gasteiger partial charge in [0.1, 0.15) is 0 Å². The molecule has 3 unspecified atom stereocenters. The van der Waals surface area contributed by atoms with E-state index in [1.54, 1.807) is 0 Å². The van der Waals surface area contributed by atoms with Crippen molar-refractivity contribution < 1.29 is 4.74 Å². The number of methoxy groups -OCH3 is 1. The van der Waals surface area contributed by atoms with E-state index in [0.29, 0.717) is 17.5 Å². The lowest BCUT2D eigenvalue weighted by Crippen LogP contribution is -2.54. The highest BCUT2D eigenvalue weighted by molar-refractivity contribution is 4.98. The molecule has 1 saturated carbocycles. The molecule has 0 aromatic heterocycles.